The van der Waals surface area contributed by atoms with E-state index in [2.05, 4.69) is 77.5 Å². The summed E-state index contributed by atoms with van der Waals surface area (Å²) in [6, 6.07) is 25.3. The number of benzene rings is 3. The fourth-order valence-electron chi connectivity index (χ4n) is 5.25. The van der Waals surface area contributed by atoms with Gasteiger partial charge in [-0.2, -0.15) is 0 Å². The fraction of sp³-hybridized carbons (Fsp3) is 0.321. The Morgan fingerprint density at radius 2 is 1.71 bits per heavy atom. The van der Waals surface area contributed by atoms with Crippen molar-refractivity contribution in [2.75, 3.05) is 0 Å². The number of carbonyl (C=O) groups is 1. The molecule has 1 N–H and O–H groups in total. The first-order chi connectivity index (χ1) is 15.0. The highest BCUT2D eigenvalue weighted by Gasteiger charge is 2.31. The number of hydrogen-bond donors (Lipinski definition) is 1. The van der Waals surface area contributed by atoms with Crippen LogP contribution in [0.5, 0.6) is 0 Å². The van der Waals surface area contributed by atoms with Crippen molar-refractivity contribution in [1.29, 1.82) is 0 Å². The minimum atomic E-state index is -0.850. The molecule has 0 saturated heterocycles. The molecule has 1 aliphatic carbocycles. The summed E-state index contributed by atoms with van der Waals surface area (Å²) in [7, 11) is 0. The number of rotatable bonds is 7. The van der Waals surface area contributed by atoms with Gasteiger partial charge in [0.15, 0.2) is 0 Å². The number of carboxylic acids is 1. The van der Waals surface area contributed by atoms with Crippen molar-refractivity contribution in [3.05, 3.63) is 105 Å². The van der Waals surface area contributed by atoms with Crippen molar-refractivity contribution < 1.29 is 9.90 Å². The van der Waals surface area contributed by atoms with Crippen molar-refractivity contribution in [2.45, 2.75) is 56.8 Å². The van der Waals surface area contributed by atoms with Gasteiger partial charge in [0, 0.05) is 4.47 Å². The molecule has 0 spiro atoms. The van der Waals surface area contributed by atoms with Gasteiger partial charge in [0.05, 0.1) is 5.56 Å². The summed E-state index contributed by atoms with van der Waals surface area (Å²) in [5.41, 5.74) is 5.72. The molecular weight excluding hydrogens is 448 g/mol. The van der Waals surface area contributed by atoms with Crippen LogP contribution in [0, 0.1) is 0 Å². The third-order valence-corrected chi connectivity index (χ3v) is 7.30. The zero-order valence-electron chi connectivity index (χ0n) is 17.9. The van der Waals surface area contributed by atoms with Crippen LogP contribution in [-0.2, 0) is 6.42 Å². The quantitative estimate of drug-likeness (QED) is 0.375. The van der Waals surface area contributed by atoms with E-state index in [9.17, 15) is 9.90 Å². The average Bonchev–Trinajstić information content (AvgIpc) is 2.78. The van der Waals surface area contributed by atoms with Crippen molar-refractivity contribution in [3.8, 4) is 0 Å². The lowest BCUT2D eigenvalue weighted by molar-refractivity contribution is 0.0695. The lowest BCUT2D eigenvalue weighted by Gasteiger charge is -2.35. The van der Waals surface area contributed by atoms with Crippen LogP contribution in [0.3, 0.4) is 0 Å². The van der Waals surface area contributed by atoms with Gasteiger partial charge >= 0.3 is 5.97 Å². The molecule has 2 nitrogen and oxygen atoms in total. The smallest absolute Gasteiger partial charge is 0.335 e. The van der Waals surface area contributed by atoms with Crippen LogP contribution in [0.15, 0.2) is 77.3 Å². The normalized spacial score (nSPS) is 18.9. The van der Waals surface area contributed by atoms with Crippen LogP contribution in [0.25, 0.3) is 0 Å². The highest BCUT2D eigenvalue weighted by molar-refractivity contribution is 9.10. The summed E-state index contributed by atoms with van der Waals surface area (Å²) in [5, 5.41) is 9.57. The highest BCUT2D eigenvalue weighted by Crippen LogP contribution is 2.47. The molecule has 0 saturated carbocycles. The lowest BCUT2D eigenvalue weighted by Crippen LogP contribution is -2.19. The number of hydrogen-bond acceptors (Lipinski definition) is 1. The number of aryl methyl sites for hydroxylation is 1. The lowest BCUT2D eigenvalue weighted by atomic mass is 9.69. The second-order valence-electron chi connectivity index (χ2n) is 8.73. The molecule has 160 valence electrons. The van der Waals surface area contributed by atoms with Crippen LogP contribution >= 0.6 is 15.9 Å². The summed E-state index contributed by atoms with van der Waals surface area (Å²) < 4.78 is 0.933. The molecule has 3 aromatic carbocycles. The summed E-state index contributed by atoms with van der Waals surface area (Å²) >= 11 is 3.50. The average molecular weight is 477 g/mol. The number of carboxylic acid groups (broad SMARTS) is 1. The molecule has 3 heteroatoms. The first-order valence-corrected chi connectivity index (χ1v) is 12.0. The van der Waals surface area contributed by atoms with Crippen LogP contribution in [0.4, 0.5) is 0 Å². The fourth-order valence-corrected chi connectivity index (χ4v) is 5.65. The zero-order valence-corrected chi connectivity index (χ0v) is 19.5. The van der Waals surface area contributed by atoms with Gasteiger partial charge in [-0.25, -0.2) is 4.79 Å². The molecule has 4 rings (SSSR count). The van der Waals surface area contributed by atoms with Gasteiger partial charge in [0.1, 0.15) is 0 Å². The Hall–Kier alpha value is -2.39. The molecule has 0 aromatic heterocycles. The maximum absolute atomic E-state index is 11.7. The monoisotopic (exact) mass is 476 g/mol. The Balaban J connectivity index is 1.59. The predicted octanol–water partition coefficient (Wildman–Crippen LogP) is 7.93. The molecule has 3 atom stereocenters. The molecule has 0 amide bonds. The van der Waals surface area contributed by atoms with Crippen LogP contribution < -0.4 is 0 Å². The van der Waals surface area contributed by atoms with Gasteiger partial charge in [-0.3, -0.25) is 0 Å². The van der Waals surface area contributed by atoms with Crippen LogP contribution in [-0.4, -0.2) is 11.1 Å². The molecule has 0 bridgehead atoms. The van der Waals surface area contributed by atoms with E-state index in [1.165, 1.54) is 29.5 Å². The van der Waals surface area contributed by atoms with E-state index < -0.39 is 5.97 Å². The summed E-state index contributed by atoms with van der Waals surface area (Å²) in [4.78, 5) is 11.7. The molecular formula is C28H29BrO2. The van der Waals surface area contributed by atoms with Crippen LogP contribution in [0.1, 0.15) is 83.0 Å². The van der Waals surface area contributed by atoms with Gasteiger partial charge in [-0.15, -0.1) is 0 Å². The molecule has 3 aromatic rings. The summed E-state index contributed by atoms with van der Waals surface area (Å²) in [6.07, 6.45) is 5.21. The minimum Gasteiger partial charge on any atom is -0.478 e. The summed E-state index contributed by atoms with van der Waals surface area (Å²) in [6.45, 7) is 2.34. The molecule has 0 heterocycles. The Morgan fingerprint density at radius 1 is 1.00 bits per heavy atom. The second-order valence-corrected chi connectivity index (χ2v) is 9.65. The third-order valence-electron chi connectivity index (χ3n) is 6.81. The molecule has 1 aliphatic rings. The SMILES string of the molecule is C[C@@H]1CC[C@@H]([C@@H](CCCc2cc(Br)ccc2C(=O)O)c2ccccc2)c2ccccc21. The number of halogens is 1. The molecule has 31 heavy (non-hydrogen) atoms. The van der Waals surface area contributed by atoms with E-state index in [1.807, 2.05) is 6.07 Å². The van der Waals surface area contributed by atoms with Crippen molar-refractivity contribution >= 4 is 21.9 Å². The minimum absolute atomic E-state index is 0.413. The Labute approximate surface area is 193 Å². The zero-order chi connectivity index (χ0) is 21.8. The van der Waals surface area contributed by atoms with E-state index in [-0.39, 0.29) is 0 Å². The molecule has 0 fully saturated rings. The number of aromatic carboxylic acids is 1. The Bertz CT molecular complexity index is 1040. The first kappa shape index (κ1) is 21.8. The predicted molar refractivity (Wildman–Crippen MR) is 130 cm³/mol. The van der Waals surface area contributed by atoms with Crippen molar-refractivity contribution in [3.63, 3.8) is 0 Å². The van der Waals surface area contributed by atoms with E-state index in [1.54, 1.807) is 12.1 Å². The van der Waals surface area contributed by atoms with Gasteiger partial charge in [-0.1, -0.05) is 77.5 Å². The van der Waals surface area contributed by atoms with Gasteiger partial charge in [0.2, 0.25) is 0 Å². The number of fused-ring (bicyclic) bond motifs is 1. The van der Waals surface area contributed by atoms with E-state index >= 15 is 0 Å². The van der Waals surface area contributed by atoms with Crippen molar-refractivity contribution in [2.24, 2.45) is 0 Å². The van der Waals surface area contributed by atoms with E-state index in [4.69, 9.17) is 0 Å². The maximum atomic E-state index is 11.7. The third kappa shape index (κ3) is 4.93. The summed E-state index contributed by atoms with van der Waals surface area (Å²) in [5.74, 6) is 0.715. The Morgan fingerprint density at radius 3 is 2.45 bits per heavy atom. The van der Waals surface area contributed by atoms with E-state index in [0.29, 0.717) is 23.3 Å². The van der Waals surface area contributed by atoms with E-state index in [0.717, 1.165) is 29.3 Å². The van der Waals surface area contributed by atoms with Crippen LogP contribution in [0.2, 0.25) is 0 Å². The molecule has 0 radical (unpaired) electrons. The molecule has 0 unspecified atom stereocenters. The topological polar surface area (TPSA) is 37.3 Å². The first-order valence-electron chi connectivity index (χ1n) is 11.2. The highest BCUT2D eigenvalue weighted by atomic mass is 79.9. The second kappa shape index (κ2) is 9.82. The van der Waals surface area contributed by atoms with Gasteiger partial charge < -0.3 is 5.11 Å². The standard InChI is InChI=1S/C28H29BrO2/c1-19-14-16-27(26-12-6-5-11-23(19)26)24(20-8-3-2-4-9-20)13-7-10-21-18-22(29)15-17-25(21)28(30)31/h2-6,8-9,11-12,15,17-19,24,27H,7,10,13-14,16H2,1H3,(H,30,31)/t19-,24+,27+/m1/s1. The molecule has 0 aliphatic heterocycles. The van der Waals surface area contributed by atoms with Crippen molar-refractivity contribution in [1.82, 2.24) is 0 Å². The maximum Gasteiger partial charge on any atom is 0.335 e. The Kier molecular flexibility index (Phi) is 6.92. The largest absolute Gasteiger partial charge is 0.478 e. The van der Waals surface area contributed by atoms with Gasteiger partial charge in [0.25, 0.3) is 0 Å². The van der Waals surface area contributed by atoms with Gasteiger partial charge in [-0.05, 0) is 90.3 Å².